The van der Waals surface area contributed by atoms with Crippen molar-refractivity contribution in [1.29, 1.82) is 0 Å². The van der Waals surface area contributed by atoms with Gasteiger partial charge in [-0.25, -0.2) is 0 Å². The fourth-order valence-electron chi connectivity index (χ4n) is 3.59. The number of carbonyl (C=O) groups excluding carboxylic acids is 2. The zero-order chi connectivity index (χ0) is 22.1. The summed E-state index contributed by atoms with van der Waals surface area (Å²) in [5.41, 5.74) is 0.471. The highest BCUT2D eigenvalue weighted by Gasteiger charge is 2.48. The fraction of sp³-hybridized carbons (Fsp3) is 0.130. The molecule has 2 heterocycles. The van der Waals surface area contributed by atoms with Crippen molar-refractivity contribution in [2.75, 3.05) is 19.1 Å². The number of amides is 1. The van der Waals surface area contributed by atoms with Crippen LogP contribution >= 0.6 is 11.6 Å². The molecule has 0 spiro atoms. The van der Waals surface area contributed by atoms with Gasteiger partial charge in [-0.15, -0.1) is 0 Å². The predicted molar refractivity (Wildman–Crippen MR) is 114 cm³/mol. The molecule has 2 aromatic carbocycles. The minimum absolute atomic E-state index is 0.136. The van der Waals surface area contributed by atoms with E-state index in [1.54, 1.807) is 48.5 Å². The number of carbonyl (C=O) groups is 2. The van der Waals surface area contributed by atoms with Gasteiger partial charge in [0.05, 0.1) is 31.6 Å². The van der Waals surface area contributed by atoms with E-state index in [1.807, 2.05) is 0 Å². The normalized spacial score (nSPS) is 17.8. The van der Waals surface area contributed by atoms with E-state index in [0.29, 0.717) is 28.0 Å². The molecular formula is C23H18ClNO6. The number of Topliss-reactive ketones (excluding diaryl/α,β-unsaturated/α-hetero) is 1. The van der Waals surface area contributed by atoms with Crippen LogP contribution in [0.2, 0.25) is 5.02 Å². The van der Waals surface area contributed by atoms with E-state index in [1.165, 1.54) is 31.4 Å². The second-order valence-electron chi connectivity index (χ2n) is 6.73. The van der Waals surface area contributed by atoms with Gasteiger partial charge in [-0.1, -0.05) is 17.7 Å². The van der Waals surface area contributed by atoms with Gasteiger partial charge in [-0.2, -0.15) is 0 Å². The first-order valence-corrected chi connectivity index (χ1v) is 9.66. The number of aliphatic hydroxyl groups excluding tert-OH is 1. The number of ketones is 1. The maximum Gasteiger partial charge on any atom is 0.300 e. The van der Waals surface area contributed by atoms with Crippen molar-refractivity contribution in [3.05, 3.63) is 82.8 Å². The molecule has 1 unspecified atom stereocenters. The summed E-state index contributed by atoms with van der Waals surface area (Å²) in [6.07, 6.45) is 1.43. The van der Waals surface area contributed by atoms with Gasteiger partial charge in [0.1, 0.15) is 29.1 Å². The number of nitrogens with zero attached hydrogens (tertiary/aromatic N) is 1. The van der Waals surface area contributed by atoms with Crippen LogP contribution in [0, 0.1) is 0 Å². The molecule has 1 N–H and O–H groups in total. The predicted octanol–water partition coefficient (Wildman–Crippen LogP) is 4.58. The molecule has 7 nitrogen and oxygen atoms in total. The Hall–Kier alpha value is -3.71. The molecule has 1 aliphatic heterocycles. The maximum atomic E-state index is 13.1. The SMILES string of the molecule is COc1cccc(N2C(=O)C(=O)/C(=C(\O)c3cc(Cl)ccc3OC)C2c2ccco2)c1. The van der Waals surface area contributed by atoms with E-state index >= 15 is 0 Å². The first-order valence-electron chi connectivity index (χ1n) is 9.28. The minimum atomic E-state index is -0.995. The van der Waals surface area contributed by atoms with Crippen LogP contribution in [0.5, 0.6) is 11.5 Å². The summed E-state index contributed by atoms with van der Waals surface area (Å²) in [4.78, 5) is 27.4. The fourth-order valence-corrected chi connectivity index (χ4v) is 3.76. The molecule has 3 aromatic rings. The molecule has 1 saturated heterocycles. The first kappa shape index (κ1) is 20.6. The number of halogens is 1. The van der Waals surface area contributed by atoms with Crippen molar-refractivity contribution in [3.63, 3.8) is 0 Å². The Kier molecular flexibility index (Phi) is 5.44. The highest BCUT2D eigenvalue weighted by molar-refractivity contribution is 6.51. The molecule has 4 rings (SSSR count). The molecule has 1 aliphatic rings. The molecule has 158 valence electrons. The molecule has 0 aliphatic carbocycles. The van der Waals surface area contributed by atoms with E-state index in [0.717, 1.165) is 0 Å². The largest absolute Gasteiger partial charge is 0.507 e. The average Bonchev–Trinajstić information content (AvgIpc) is 3.40. The molecule has 8 heteroatoms. The lowest BCUT2D eigenvalue weighted by Crippen LogP contribution is -2.29. The smallest absolute Gasteiger partial charge is 0.300 e. The van der Waals surface area contributed by atoms with Crippen molar-refractivity contribution in [2.45, 2.75) is 6.04 Å². The molecular weight excluding hydrogens is 422 g/mol. The van der Waals surface area contributed by atoms with E-state index < -0.39 is 23.5 Å². The van der Waals surface area contributed by atoms with E-state index in [-0.39, 0.29) is 11.1 Å². The van der Waals surface area contributed by atoms with Gasteiger partial charge in [0.25, 0.3) is 11.7 Å². The maximum absolute atomic E-state index is 13.1. The summed E-state index contributed by atoms with van der Waals surface area (Å²) in [5, 5.41) is 11.5. The number of hydrogen-bond donors (Lipinski definition) is 1. The second kappa shape index (κ2) is 8.20. The summed E-state index contributed by atoms with van der Waals surface area (Å²) in [7, 11) is 2.93. The Balaban J connectivity index is 1.96. The topological polar surface area (TPSA) is 89.2 Å². The van der Waals surface area contributed by atoms with Gasteiger partial charge in [-0.05, 0) is 42.5 Å². The van der Waals surface area contributed by atoms with Crippen molar-refractivity contribution >= 4 is 34.7 Å². The molecule has 1 amide bonds. The number of anilines is 1. The van der Waals surface area contributed by atoms with Crippen molar-refractivity contribution < 1.29 is 28.6 Å². The minimum Gasteiger partial charge on any atom is -0.507 e. The zero-order valence-electron chi connectivity index (χ0n) is 16.7. The van der Waals surface area contributed by atoms with Gasteiger partial charge in [0.2, 0.25) is 0 Å². The Morgan fingerprint density at radius 1 is 1.06 bits per heavy atom. The molecule has 1 aromatic heterocycles. The van der Waals surface area contributed by atoms with Crippen molar-refractivity contribution in [3.8, 4) is 11.5 Å². The highest BCUT2D eigenvalue weighted by atomic mass is 35.5. The van der Waals surface area contributed by atoms with Crippen molar-refractivity contribution in [2.24, 2.45) is 0 Å². The molecule has 31 heavy (non-hydrogen) atoms. The number of aliphatic hydroxyl groups is 1. The van der Waals surface area contributed by atoms with E-state index in [4.69, 9.17) is 25.5 Å². The monoisotopic (exact) mass is 439 g/mol. The zero-order valence-corrected chi connectivity index (χ0v) is 17.4. The van der Waals surface area contributed by atoms with Crippen LogP contribution in [-0.4, -0.2) is 31.0 Å². The molecule has 0 saturated carbocycles. The number of methoxy groups -OCH3 is 2. The first-order chi connectivity index (χ1) is 15.0. The van der Waals surface area contributed by atoms with Gasteiger partial charge < -0.3 is 19.0 Å². The summed E-state index contributed by atoms with van der Waals surface area (Å²) in [6.45, 7) is 0. The van der Waals surface area contributed by atoms with Gasteiger partial charge in [0, 0.05) is 16.8 Å². The van der Waals surface area contributed by atoms with E-state index in [2.05, 4.69) is 0 Å². The Labute approximate surface area is 183 Å². The van der Waals surface area contributed by atoms with E-state index in [9.17, 15) is 14.7 Å². The standard InChI is InChI=1S/C23H18ClNO6/c1-29-15-6-3-5-14(12-15)25-20(18-7-4-10-31-18)19(22(27)23(25)28)21(26)16-11-13(24)8-9-17(16)30-2/h3-12,20,26H,1-2H3/b21-19-. The van der Waals surface area contributed by atoms with Gasteiger partial charge in [-0.3, -0.25) is 14.5 Å². The average molecular weight is 440 g/mol. The Morgan fingerprint density at radius 3 is 2.55 bits per heavy atom. The third-order valence-electron chi connectivity index (χ3n) is 5.01. The second-order valence-corrected chi connectivity index (χ2v) is 7.17. The van der Waals surface area contributed by atoms with Crippen LogP contribution in [0.4, 0.5) is 5.69 Å². The van der Waals surface area contributed by atoms with Crippen LogP contribution in [0.15, 0.2) is 70.9 Å². The van der Waals surface area contributed by atoms with Crippen LogP contribution < -0.4 is 14.4 Å². The van der Waals surface area contributed by atoms with Crippen LogP contribution in [-0.2, 0) is 9.59 Å². The lowest BCUT2D eigenvalue weighted by Gasteiger charge is -2.23. The number of benzene rings is 2. The third kappa shape index (κ3) is 3.53. The lowest BCUT2D eigenvalue weighted by molar-refractivity contribution is -0.132. The van der Waals surface area contributed by atoms with Crippen LogP contribution in [0.25, 0.3) is 5.76 Å². The number of furan rings is 1. The summed E-state index contributed by atoms with van der Waals surface area (Å²) < 4.78 is 16.1. The third-order valence-corrected chi connectivity index (χ3v) is 5.24. The number of hydrogen-bond acceptors (Lipinski definition) is 6. The van der Waals surface area contributed by atoms with Crippen molar-refractivity contribution in [1.82, 2.24) is 0 Å². The quantitative estimate of drug-likeness (QED) is 0.355. The number of ether oxygens (including phenoxy) is 2. The highest BCUT2D eigenvalue weighted by Crippen LogP contribution is 2.44. The molecule has 0 radical (unpaired) electrons. The van der Waals surface area contributed by atoms with Gasteiger partial charge in [0.15, 0.2) is 0 Å². The molecule has 1 atom stereocenters. The van der Waals surface area contributed by atoms with Crippen LogP contribution in [0.1, 0.15) is 17.4 Å². The summed E-state index contributed by atoms with van der Waals surface area (Å²) in [5.74, 6) is -0.961. The Bertz CT molecular complexity index is 1180. The number of rotatable bonds is 5. The lowest BCUT2D eigenvalue weighted by atomic mass is 9.98. The van der Waals surface area contributed by atoms with Gasteiger partial charge >= 0.3 is 0 Å². The van der Waals surface area contributed by atoms with Crippen LogP contribution in [0.3, 0.4) is 0 Å². The summed E-state index contributed by atoms with van der Waals surface area (Å²) in [6, 6.07) is 13.6. The Morgan fingerprint density at radius 2 is 1.87 bits per heavy atom. The molecule has 1 fully saturated rings. The molecule has 0 bridgehead atoms. The summed E-state index contributed by atoms with van der Waals surface area (Å²) >= 11 is 6.10.